The molecule has 2 N–H and O–H groups in total. The van der Waals surface area contributed by atoms with E-state index >= 15 is 0 Å². The predicted molar refractivity (Wildman–Crippen MR) is 103 cm³/mol. The minimum absolute atomic E-state index is 0.229. The van der Waals surface area contributed by atoms with Gasteiger partial charge in [0.05, 0.1) is 6.04 Å². The second-order valence-corrected chi connectivity index (χ2v) is 7.53. The van der Waals surface area contributed by atoms with Gasteiger partial charge in [0.15, 0.2) is 0 Å². The fourth-order valence-corrected chi connectivity index (χ4v) is 3.76. The molecule has 0 spiro atoms. The Balaban J connectivity index is 1.84. The Hall–Kier alpha value is -2.54. The quantitative estimate of drug-likeness (QED) is 0.674. The van der Waals surface area contributed by atoms with Crippen molar-refractivity contribution in [3.8, 4) is 0 Å². The van der Waals surface area contributed by atoms with E-state index < -0.39 is 16.3 Å². The van der Waals surface area contributed by atoms with Crippen LogP contribution in [0, 0.1) is 6.92 Å². The summed E-state index contributed by atoms with van der Waals surface area (Å²) in [5.41, 5.74) is 3.65. The largest absolute Gasteiger partial charge is 0.278 e. The minimum Gasteiger partial charge on any atom is -0.265 e. The zero-order valence-corrected chi connectivity index (χ0v) is 15.3. The smallest absolute Gasteiger partial charge is 0.265 e. The van der Waals surface area contributed by atoms with Gasteiger partial charge in [0.1, 0.15) is 0 Å². The zero-order valence-electron chi connectivity index (χ0n) is 14.5. The van der Waals surface area contributed by atoms with Crippen LogP contribution in [0.15, 0.2) is 79.1 Å². The maximum Gasteiger partial charge on any atom is 0.278 e. The fourth-order valence-electron chi connectivity index (χ4n) is 2.75. The molecule has 0 fully saturated rings. The number of aryl methyl sites for hydroxylation is 1. The van der Waals surface area contributed by atoms with E-state index in [1.165, 1.54) is 0 Å². The molecule has 0 bridgehead atoms. The van der Waals surface area contributed by atoms with Gasteiger partial charge in [-0.3, -0.25) is 4.98 Å². The van der Waals surface area contributed by atoms with Crippen molar-refractivity contribution >= 4 is 10.2 Å². The molecule has 1 unspecified atom stereocenters. The van der Waals surface area contributed by atoms with Crippen LogP contribution in [0.5, 0.6) is 0 Å². The Morgan fingerprint density at radius 2 is 1.58 bits per heavy atom. The standard InChI is InChI=1S/C20H21N3O2S/c1-16-7-5-6-10-19(16)20(18-11-13-21-14-12-18)23-26(24,25)22-15-17-8-3-2-4-9-17/h2-14,20,22-23H,15H2,1H3. The lowest BCUT2D eigenvalue weighted by atomic mass is 9.97. The number of nitrogens with zero attached hydrogens (tertiary/aromatic N) is 1. The summed E-state index contributed by atoms with van der Waals surface area (Å²) >= 11 is 0. The van der Waals surface area contributed by atoms with Crippen LogP contribution < -0.4 is 9.44 Å². The number of hydrogen-bond donors (Lipinski definition) is 2. The van der Waals surface area contributed by atoms with Crippen molar-refractivity contribution in [3.05, 3.63) is 101 Å². The molecule has 0 saturated heterocycles. The Morgan fingerprint density at radius 3 is 2.27 bits per heavy atom. The third kappa shape index (κ3) is 4.76. The van der Waals surface area contributed by atoms with E-state index in [4.69, 9.17) is 0 Å². The van der Waals surface area contributed by atoms with Crippen LogP contribution >= 0.6 is 0 Å². The van der Waals surface area contributed by atoms with E-state index in [0.717, 1.165) is 22.3 Å². The van der Waals surface area contributed by atoms with Gasteiger partial charge in [0.2, 0.25) is 0 Å². The maximum atomic E-state index is 12.6. The molecule has 5 nitrogen and oxygen atoms in total. The predicted octanol–water partition coefficient (Wildman–Crippen LogP) is 3.10. The number of aromatic nitrogens is 1. The first-order valence-corrected chi connectivity index (χ1v) is 9.80. The first kappa shape index (κ1) is 18.3. The summed E-state index contributed by atoms with van der Waals surface area (Å²) < 4.78 is 30.6. The van der Waals surface area contributed by atoms with Crippen LogP contribution in [0.2, 0.25) is 0 Å². The molecule has 6 heteroatoms. The van der Waals surface area contributed by atoms with E-state index in [0.29, 0.717) is 0 Å². The van der Waals surface area contributed by atoms with Crippen molar-refractivity contribution in [1.29, 1.82) is 0 Å². The van der Waals surface area contributed by atoms with Gasteiger partial charge in [-0.1, -0.05) is 54.6 Å². The molecule has 0 amide bonds. The lowest BCUT2D eigenvalue weighted by Gasteiger charge is -2.21. The molecule has 1 aromatic heterocycles. The third-order valence-corrected chi connectivity index (χ3v) is 5.19. The van der Waals surface area contributed by atoms with Gasteiger partial charge in [-0.25, -0.2) is 0 Å². The average molecular weight is 367 g/mol. The Morgan fingerprint density at radius 1 is 0.923 bits per heavy atom. The molecule has 1 atom stereocenters. The van der Waals surface area contributed by atoms with Crippen molar-refractivity contribution in [2.75, 3.05) is 0 Å². The van der Waals surface area contributed by atoms with Gasteiger partial charge in [-0.15, -0.1) is 0 Å². The molecule has 0 aliphatic heterocycles. The number of benzene rings is 2. The van der Waals surface area contributed by atoms with Crippen LogP contribution in [0.25, 0.3) is 0 Å². The Labute approximate surface area is 154 Å². The number of pyridine rings is 1. The summed E-state index contributed by atoms with van der Waals surface area (Å²) in [7, 11) is -3.71. The van der Waals surface area contributed by atoms with E-state index in [9.17, 15) is 8.42 Å². The molecule has 1 heterocycles. The first-order chi connectivity index (χ1) is 12.6. The van der Waals surface area contributed by atoms with Crippen molar-refractivity contribution in [2.24, 2.45) is 0 Å². The van der Waals surface area contributed by atoms with E-state index in [2.05, 4.69) is 14.4 Å². The molecular weight excluding hydrogens is 346 g/mol. The lowest BCUT2D eigenvalue weighted by molar-refractivity contribution is 0.556. The van der Waals surface area contributed by atoms with Crippen molar-refractivity contribution in [2.45, 2.75) is 19.5 Å². The highest BCUT2D eigenvalue weighted by Gasteiger charge is 2.22. The second kappa shape index (κ2) is 8.23. The van der Waals surface area contributed by atoms with Gasteiger partial charge in [0, 0.05) is 18.9 Å². The highest BCUT2D eigenvalue weighted by atomic mass is 32.2. The van der Waals surface area contributed by atoms with Crippen LogP contribution in [-0.4, -0.2) is 13.4 Å². The van der Waals surface area contributed by atoms with Crippen LogP contribution in [0.4, 0.5) is 0 Å². The van der Waals surface area contributed by atoms with Gasteiger partial charge >= 0.3 is 0 Å². The van der Waals surface area contributed by atoms with E-state index in [1.807, 2.05) is 73.7 Å². The minimum atomic E-state index is -3.71. The summed E-state index contributed by atoms with van der Waals surface area (Å²) in [6.07, 6.45) is 3.32. The number of nitrogens with one attached hydrogen (secondary N) is 2. The van der Waals surface area contributed by atoms with E-state index in [1.54, 1.807) is 12.4 Å². The summed E-state index contributed by atoms with van der Waals surface area (Å²) in [6, 6.07) is 20.3. The number of hydrogen-bond acceptors (Lipinski definition) is 3. The average Bonchev–Trinajstić information content (AvgIpc) is 2.67. The molecule has 3 aromatic rings. The highest BCUT2D eigenvalue weighted by Crippen LogP contribution is 2.25. The maximum absolute atomic E-state index is 12.6. The topological polar surface area (TPSA) is 71.1 Å². The van der Waals surface area contributed by atoms with Crippen molar-refractivity contribution in [1.82, 2.24) is 14.4 Å². The zero-order chi connectivity index (χ0) is 18.4. The fraction of sp³-hybridized carbons (Fsp3) is 0.150. The summed E-state index contributed by atoms with van der Waals surface area (Å²) in [4.78, 5) is 4.02. The molecule has 134 valence electrons. The molecule has 0 aliphatic rings. The first-order valence-electron chi connectivity index (χ1n) is 8.31. The summed E-state index contributed by atoms with van der Waals surface area (Å²) in [5.74, 6) is 0. The van der Waals surface area contributed by atoms with Gasteiger partial charge in [0.25, 0.3) is 10.2 Å². The van der Waals surface area contributed by atoms with Gasteiger partial charge < -0.3 is 0 Å². The van der Waals surface area contributed by atoms with E-state index in [-0.39, 0.29) is 6.54 Å². The number of rotatable bonds is 7. The van der Waals surface area contributed by atoms with Crippen LogP contribution in [-0.2, 0) is 16.8 Å². The molecule has 0 saturated carbocycles. The summed E-state index contributed by atoms with van der Waals surface area (Å²) in [6.45, 7) is 2.20. The Kier molecular flexibility index (Phi) is 5.78. The molecule has 26 heavy (non-hydrogen) atoms. The van der Waals surface area contributed by atoms with Crippen molar-refractivity contribution in [3.63, 3.8) is 0 Å². The van der Waals surface area contributed by atoms with Gasteiger partial charge in [-0.05, 0) is 41.3 Å². The second-order valence-electron chi connectivity index (χ2n) is 6.00. The Bertz CT molecular complexity index is 945. The van der Waals surface area contributed by atoms with Crippen LogP contribution in [0.3, 0.4) is 0 Å². The van der Waals surface area contributed by atoms with Crippen LogP contribution in [0.1, 0.15) is 28.3 Å². The molecule has 2 aromatic carbocycles. The monoisotopic (exact) mass is 367 g/mol. The molecular formula is C20H21N3O2S. The molecule has 0 radical (unpaired) electrons. The molecule has 0 aliphatic carbocycles. The SMILES string of the molecule is Cc1ccccc1C(NS(=O)(=O)NCc1ccccc1)c1ccncc1. The normalized spacial score (nSPS) is 12.7. The highest BCUT2D eigenvalue weighted by molar-refractivity contribution is 7.87. The van der Waals surface area contributed by atoms with Crippen molar-refractivity contribution < 1.29 is 8.42 Å². The third-order valence-electron chi connectivity index (χ3n) is 4.12. The molecule has 3 rings (SSSR count). The van der Waals surface area contributed by atoms with Gasteiger partial charge in [-0.2, -0.15) is 17.9 Å². The lowest BCUT2D eigenvalue weighted by Crippen LogP contribution is -2.39. The summed E-state index contributed by atoms with van der Waals surface area (Å²) in [5, 5.41) is 0.